The van der Waals surface area contributed by atoms with Crippen molar-refractivity contribution in [3.8, 4) is 5.06 Å². The Hall–Kier alpha value is -0.260. The zero-order chi connectivity index (χ0) is 10.1. The summed E-state index contributed by atoms with van der Waals surface area (Å²) in [6.45, 7) is 1.87. The third-order valence-electron chi connectivity index (χ3n) is 1.60. The first-order chi connectivity index (χ1) is 6.00. The molecular weight excluding hydrogens is 232 g/mol. The van der Waals surface area contributed by atoms with Crippen LogP contribution in [0.5, 0.6) is 5.06 Å². The van der Waals surface area contributed by atoms with Gasteiger partial charge in [0, 0.05) is 10.7 Å². The molecule has 13 heavy (non-hydrogen) atoms. The van der Waals surface area contributed by atoms with Gasteiger partial charge in [0.15, 0.2) is 5.06 Å². The zero-order valence-corrected chi connectivity index (χ0v) is 9.59. The molecule has 3 nitrogen and oxygen atoms in total. The molecule has 0 bridgehead atoms. The lowest BCUT2D eigenvalue weighted by atomic mass is 10.3. The van der Waals surface area contributed by atoms with Crippen LogP contribution in [-0.4, -0.2) is 15.5 Å². The average Bonchev–Trinajstić information content (AvgIpc) is 2.45. The van der Waals surface area contributed by atoms with E-state index >= 15 is 0 Å². The summed E-state index contributed by atoms with van der Waals surface area (Å²) in [4.78, 5) is 0.115. The summed E-state index contributed by atoms with van der Waals surface area (Å²) >= 11 is 1.24. The van der Waals surface area contributed by atoms with Gasteiger partial charge >= 0.3 is 0 Å². The van der Waals surface area contributed by atoms with Crippen LogP contribution in [-0.2, 0) is 15.5 Å². The van der Waals surface area contributed by atoms with Crippen molar-refractivity contribution in [3.63, 3.8) is 0 Å². The Balaban J connectivity index is 3.38. The summed E-state index contributed by atoms with van der Waals surface area (Å²) in [5.74, 6) is 0. The van der Waals surface area contributed by atoms with E-state index in [0.717, 1.165) is 0 Å². The molecule has 0 saturated carbocycles. The Morgan fingerprint density at radius 3 is 2.62 bits per heavy atom. The van der Waals surface area contributed by atoms with Crippen molar-refractivity contribution in [2.24, 2.45) is 0 Å². The number of halogens is 1. The molecule has 0 aromatic carbocycles. The highest BCUT2D eigenvalue weighted by Crippen LogP contribution is 2.36. The van der Waals surface area contributed by atoms with Crippen molar-refractivity contribution in [2.75, 3.05) is 7.11 Å². The van der Waals surface area contributed by atoms with Gasteiger partial charge in [-0.2, -0.15) is 0 Å². The number of hydrogen-bond donors (Lipinski definition) is 0. The standard InChI is InChI=1S/C7H9ClO3S2/c1-3-5-4-12-7(11-2)6(5)13(8,9)10/h4H,3H2,1-2H3. The van der Waals surface area contributed by atoms with Gasteiger partial charge in [-0.25, -0.2) is 8.42 Å². The van der Waals surface area contributed by atoms with Gasteiger partial charge in [0.05, 0.1) is 7.11 Å². The van der Waals surface area contributed by atoms with Crippen LogP contribution >= 0.6 is 22.0 Å². The molecule has 0 N–H and O–H groups in total. The van der Waals surface area contributed by atoms with Crippen molar-refractivity contribution in [3.05, 3.63) is 10.9 Å². The van der Waals surface area contributed by atoms with Gasteiger partial charge in [-0.05, 0) is 17.4 Å². The van der Waals surface area contributed by atoms with E-state index in [9.17, 15) is 8.42 Å². The highest BCUT2D eigenvalue weighted by atomic mass is 35.7. The molecule has 0 amide bonds. The Morgan fingerprint density at radius 2 is 2.23 bits per heavy atom. The Labute approximate surface area is 85.7 Å². The van der Waals surface area contributed by atoms with Crippen LogP contribution in [0.4, 0.5) is 0 Å². The third-order valence-corrected chi connectivity index (χ3v) is 4.11. The maximum atomic E-state index is 11.1. The molecule has 0 saturated heterocycles. The topological polar surface area (TPSA) is 43.4 Å². The van der Waals surface area contributed by atoms with E-state index in [4.69, 9.17) is 15.4 Å². The predicted molar refractivity (Wildman–Crippen MR) is 53.3 cm³/mol. The summed E-state index contributed by atoms with van der Waals surface area (Å²) in [5, 5.41) is 2.10. The van der Waals surface area contributed by atoms with E-state index in [-0.39, 0.29) is 4.90 Å². The number of ether oxygens (including phenoxy) is 1. The second kappa shape index (κ2) is 3.86. The lowest BCUT2D eigenvalue weighted by Gasteiger charge is -2.00. The molecule has 0 radical (unpaired) electrons. The van der Waals surface area contributed by atoms with Crippen LogP contribution in [0.1, 0.15) is 12.5 Å². The van der Waals surface area contributed by atoms with Crippen molar-refractivity contribution in [2.45, 2.75) is 18.2 Å². The highest BCUT2D eigenvalue weighted by molar-refractivity contribution is 8.14. The monoisotopic (exact) mass is 240 g/mol. The van der Waals surface area contributed by atoms with Crippen LogP contribution in [0.15, 0.2) is 10.3 Å². The molecule has 1 aromatic rings. The molecule has 0 aliphatic carbocycles. The lowest BCUT2D eigenvalue weighted by Crippen LogP contribution is -1.95. The molecular formula is C7H9ClO3S2. The predicted octanol–water partition coefficient (Wildman–Crippen LogP) is 2.25. The number of hydrogen-bond acceptors (Lipinski definition) is 4. The van der Waals surface area contributed by atoms with E-state index < -0.39 is 9.05 Å². The van der Waals surface area contributed by atoms with E-state index in [2.05, 4.69) is 0 Å². The minimum atomic E-state index is -3.69. The Bertz CT molecular complexity index is 372. The van der Waals surface area contributed by atoms with Crippen molar-refractivity contribution < 1.29 is 13.2 Å². The largest absolute Gasteiger partial charge is 0.486 e. The van der Waals surface area contributed by atoms with Gasteiger partial charge in [-0.3, -0.25) is 0 Å². The molecule has 1 aromatic heterocycles. The number of methoxy groups -OCH3 is 1. The smallest absolute Gasteiger partial charge is 0.266 e. The fraction of sp³-hybridized carbons (Fsp3) is 0.429. The summed E-state index contributed by atoms with van der Waals surface area (Å²) in [7, 11) is 3.01. The van der Waals surface area contributed by atoms with Crippen LogP contribution in [0.25, 0.3) is 0 Å². The molecule has 0 atom stereocenters. The number of thiophene rings is 1. The second-order valence-electron chi connectivity index (χ2n) is 2.37. The van der Waals surface area contributed by atoms with Crippen molar-refractivity contribution in [1.29, 1.82) is 0 Å². The molecule has 0 aliphatic rings. The number of aryl methyl sites for hydroxylation is 1. The van der Waals surface area contributed by atoms with Crippen LogP contribution in [0, 0.1) is 0 Å². The van der Waals surface area contributed by atoms with Crippen LogP contribution in [0.3, 0.4) is 0 Å². The maximum Gasteiger partial charge on any atom is 0.266 e. The van der Waals surface area contributed by atoms with Gasteiger partial charge in [-0.15, -0.1) is 11.3 Å². The molecule has 74 valence electrons. The zero-order valence-electron chi connectivity index (χ0n) is 7.20. The minimum absolute atomic E-state index is 0.115. The quantitative estimate of drug-likeness (QED) is 0.762. The van der Waals surface area contributed by atoms with Gasteiger partial charge in [-0.1, -0.05) is 6.92 Å². The molecule has 0 spiro atoms. The first-order valence-corrected chi connectivity index (χ1v) is 6.78. The summed E-state index contributed by atoms with van der Waals surface area (Å²) in [6, 6.07) is 0. The molecule has 1 heterocycles. The second-order valence-corrected chi connectivity index (χ2v) is 5.72. The van der Waals surface area contributed by atoms with Crippen LogP contribution in [0.2, 0.25) is 0 Å². The molecule has 0 unspecified atom stereocenters. The SMILES string of the molecule is CCc1csc(OC)c1S(=O)(=O)Cl. The Kier molecular flexibility index (Phi) is 3.21. The van der Waals surface area contributed by atoms with Gasteiger partial charge < -0.3 is 4.74 Å². The number of rotatable bonds is 3. The highest BCUT2D eigenvalue weighted by Gasteiger charge is 2.22. The molecule has 0 aliphatic heterocycles. The summed E-state index contributed by atoms with van der Waals surface area (Å²) < 4.78 is 27.2. The third kappa shape index (κ3) is 2.15. The van der Waals surface area contributed by atoms with Crippen molar-refractivity contribution >= 4 is 31.1 Å². The van der Waals surface area contributed by atoms with Gasteiger partial charge in [0.2, 0.25) is 0 Å². The fourth-order valence-corrected chi connectivity index (χ4v) is 3.86. The van der Waals surface area contributed by atoms with E-state index in [1.54, 1.807) is 5.38 Å². The van der Waals surface area contributed by atoms with Crippen LogP contribution < -0.4 is 4.74 Å². The average molecular weight is 241 g/mol. The van der Waals surface area contributed by atoms with E-state index in [1.807, 2.05) is 6.92 Å². The Morgan fingerprint density at radius 1 is 1.62 bits per heavy atom. The van der Waals surface area contributed by atoms with Crippen molar-refractivity contribution in [1.82, 2.24) is 0 Å². The van der Waals surface area contributed by atoms with Gasteiger partial charge in [0.25, 0.3) is 9.05 Å². The molecule has 6 heteroatoms. The van der Waals surface area contributed by atoms with Gasteiger partial charge in [0.1, 0.15) is 4.90 Å². The van der Waals surface area contributed by atoms with E-state index in [1.165, 1.54) is 18.4 Å². The normalized spacial score (nSPS) is 11.6. The summed E-state index contributed by atoms with van der Waals surface area (Å²) in [5.41, 5.74) is 0.705. The summed E-state index contributed by atoms with van der Waals surface area (Å²) in [6.07, 6.45) is 0.626. The maximum absolute atomic E-state index is 11.1. The first-order valence-electron chi connectivity index (χ1n) is 3.59. The van der Waals surface area contributed by atoms with E-state index in [0.29, 0.717) is 17.0 Å². The molecule has 0 fully saturated rings. The lowest BCUT2D eigenvalue weighted by molar-refractivity contribution is 0.416. The first kappa shape index (κ1) is 10.8. The minimum Gasteiger partial charge on any atom is -0.486 e. The fourth-order valence-electron chi connectivity index (χ4n) is 1.00. The molecule has 1 rings (SSSR count).